The van der Waals surface area contributed by atoms with E-state index in [0.717, 1.165) is 18.5 Å². The van der Waals surface area contributed by atoms with Crippen LogP contribution in [0.2, 0.25) is 0 Å². The molecule has 114 valence electrons. The van der Waals surface area contributed by atoms with Crippen molar-refractivity contribution in [3.63, 3.8) is 0 Å². The predicted octanol–water partition coefficient (Wildman–Crippen LogP) is 1.89. The molecule has 2 heterocycles. The normalized spacial score (nSPS) is 14.5. The second kappa shape index (κ2) is 5.51. The number of alkyl halides is 2. The van der Waals surface area contributed by atoms with Crippen LogP contribution in [0.4, 0.5) is 13.2 Å². The van der Waals surface area contributed by atoms with E-state index in [4.69, 9.17) is 4.74 Å². The third-order valence-corrected chi connectivity index (χ3v) is 2.95. The van der Waals surface area contributed by atoms with Gasteiger partial charge in [-0.25, -0.2) is 14.5 Å². The van der Waals surface area contributed by atoms with Crippen molar-refractivity contribution in [2.45, 2.75) is 6.55 Å². The summed E-state index contributed by atoms with van der Waals surface area (Å²) in [6.45, 7) is -2.99. The number of nitrogens with zero attached hydrogens (tertiary/aromatic N) is 3. The smallest absolute Gasteiger partial charge is 0.333 e. The Labute approximate surface area is 122 Å². The molecule has 0 aliphatic carbocycles. The van der Waals surface area contributed by atoms with Gasteiger partial charge in [0.2, 0.25) is 5.90 Å². The van der Waals surface area contributed by atoms with E-state index in [1.807, 2.05) is 0 Å². The van der Waals surface area contributed by atoms with Gasteiger partial charge in [0.05, 0.1) is 6.20 Å². The van der Waals surface area contributed by atoms with Crippen LogP contribution in [0.25, 0.3) is 11.1 Å². The highest BCUT2D eigenvalue weighted by Crippen LogP contribution is 2.25. The number of hydrogen-bond acceptors (Lipinski definition) is 4. The lowest BCUT2D eigenvalue weighted by Gasteiger charge is -2.14. The molecule has 1 aromatic heterocycles. The Bertz CT molecular complexity index is 757. The van der Waals surface area contributed by atoms with Crippen LogP contribution < -0.4 is 5.43 Å². The molecule has 1 amide bonds. The summed E-state index contributed by atoms with van der Waals surface area (Å²) in [5.74, 6) is -0.969. The van der Waals surface area contributed by atoms with Crippen molar-refractivity contribution in [2.75, 3.05) is 6.61 Å². The predicted molar refractivity (Wildman–Crippen MR) is 69.5 cm³/mol. The molecule has 0 radical (unpaired) electrons. The Morgan fingerprint density at radius 1 is 1.32 bits per heavy atom. The third kappa shape index (κ3) is 2.65. The minimum Gasteiger partial charge on any atom is -0.466 e. The minimum absolute atomic E-state index is 0.0772. The van der Waals surface area contributed by atoms with E-state index in [1.54, 1.807) is 0 Å². The number of ether oxygens (including phenoxy) is 1. The summed E-state index contributed by atoms with van der Waals surface area (Å²) in [4.78, 5) is 10.9. The molecule has 1 aromatic carbocycles. The first-order chi connectivity index (χ1) is 10.5. The fourth-order valence-corrected chi connectivity index (χ4v) is 1.93. The van der Waals surface area contributed by atoms with Gasteiger partial charge in [0.25, 0.3) is 5.91 Å². The molecule has 1 aliphatic rings. The van der Waals surface area contributed by atoms with Crippen LogP contribution in [-0.4, -0.2) is 28.2 Å². The van der Waals surface area contributed by atoms with Crippen LogP contribution in [0.3, 0.4) is 0 Å². The Hall–Kier alpha value is -2.84. The number of carbonyl (C=O) groups is 1. The number of carbonyl (C=O) groups excluding carboxylic acids is 1. The Morgan fingerprint density at radius 3 is 2.73 bits per heavy atom. The van der Waals surface area contributed by atoms with Crippen molar-refractivity contribution >= 4 is 11.8 Å². The van der Waals surface area contributed by atoms with Gasteiger partial charge in [0.15, 0.2) is 6.61 Å². The number of amides is 1. The first kappa shape index (κ1) is 14.1. The topological polar surface area (TPSA) is 68.5 Å². The summed E-state index contributed by atoms with van der Waals surface area (Å²) in [5, 5.41) is 7.12. The summed E-state index contributed by atoms with van der Waals surface area (Å²) >= 11 is 0. The van der Waals surface area contributed by atoms with E-state index in [1.165, 1.54) is 12.1 Å². The zero-order valence-electron chi connectivity index (χ0n) is 11.0. The van der Waals surface area contributed by atoms with Gasteiger partial charge in [0.1, 0.15) is 5.82 Å². The highest BCUT2D eigenvalue weighted by Gasteiger charge is 2.17. The van der Waals surface area contributed by atoms with E-state index >= 15 is 0 Å². The molecule has 9 heteroatoms. The summed E-state index contributed by atoms with van der Waals surface area (Å²) in [7, 11) is 0. The van der Waals surface area contributed by atoms with E-state index in [-0.39, 0.29) is 23.6 Å². The quantitative estimate of drug-likeness (QED) is 0.941. The summed E-state index contributed by atoms with van der Waals surface area (Å²) in [5.41, 5.74) is 2.89. The lowest BCUT2D eigenvalue weighted by molar-refractivity contribution is -0.124. The number of benzene rings is 1. The number of halogens is 3. The van der Waals surface area contributed by atoms with Crippen LogP contribution in [-0.2, 0) is 9.53 Å². The summed E-state index contributed by atoms with van der Waals surface area (Å²) in [6, 6.07) is 4.06. The average molecular weight is 310 g/mol. The number of hydrogen-bond donors (Lipinski definition) is 1. The molecule has 0 fully saturated rings. The molecule has 0 bridgehead atoms. The first-order valence-corrected chi connectivity index (χ1v) is 6.16. The van der Waals surface area contributed by atoms with Crippen LogP contribution in [0.1, 0.15) is 12.1 Å². The van der Waals surface area contributed by atoms with Gasteiger partial charge in [-0.1, -0.05) is 6.07 Å². The van der Waals surface area contributed by atoms with Crippen LogP contribution in [0.5, 0.6) is 0 Å². The maximum atomic E-state index is 14.2. The molecule has 6 nitrogen and oxygen atoms in total. The molecule has 1 N–H and O–H groups in total. The molecule has 0 unspecified atom stereocenters. The minimum atomic E-state index is -2.79. The van der Waals surface area contributed by atoms with Crippen LogP contribution in [0, 0.1) is 5.82 Å². The second-order valence-corrected chi connectivity index (χ2v) is 4.42. The second-order valence-electron chi connectivity index (χ2n) is 4.42. The van der Waals surface area contributed by atoms with Gasteiger partial charge < -0.3 is 4.74 Å². The van der Waals surface area contributed by atoms with Gasteiger partial charge in [0, 0.05) is 22.9 Å². The Balaban J connectivity index is 1.90. The molecule has 0 atom stereocenters. The maximum Gasteiger partial charge on any atom is 0.333 e. The molecule has 3 rings (SSSR count). The van der Waals surface area contributed by atoms with E-state index < -0.39 is 18.3 Å². The molecule has 0 spiro atoms. The Morgan fingerprint density at radius 2 is 2.14 bits per heavy atom. The molecule has 0 saturated heterocycles. The van der Waals surface area contributed by atoms with Crippen LogP contribution in [0.15, 0.2) is 35.7 Å². The summed E-state index contributed by atoms with van der Waals surface area (Å²) in [6.07, 6.45) is 2.21. The molecular weight excluding hydrogens is 301 g/mol. The number of nitrogens with one attached hydrogen (secondary N) is 1. The number of aromatic nitrogens is 2. The van der Waals surface area contributed by atoms with Crippen molar-refractivity contribution in [3.05, 3.63) is 42.0 Å². The monoisotopic (exact) mass is 310 g/mol. The first-order valence-electron chi connectivity index (χ1n) is 6.16. The highest BCUT2D eigenvalue weighted by atomic mass is 19.3. The van der Waals surface area contributed by atoms with E-state index in [0.29, 0.717) is 10.2 Å². The SMILES string of the molecule is O=C1COC(c2ccc(-c3cnn(C(F)F)c3)c(F)c2)=NN1. The number of hydrazone groups is 1. The summed E-state index contributed by atoms with van der Waals surface area (Å²) < 4.78 is 44.6. The zero-order valence-corrected chi connectivity index (χ0v) is 11.0. The van der Waals surface area contributed by atoms with Gasteiger partial charge in [-0.05, 0) is 12.1 Å². The Kier molecular flexibility index (Phi) is 3.53. The zero-order chi connectivity index (χ0) is 15.7. The van der Waals surface area contributed by atoms with Crippen molar-refractivity contribution in [3.8, 4) is 11.1 Å². The van der Waals surface area contributed by atoms with Crippen molar-refractivity contribution in [2.24, 2.45) is 5.10 Å². The van der Waals surface area contributed by atoms with Crippen molar-refractivity contribution < 1.29 is 22.7 Å². The lowest BCUT2D eigenvalue weighted by atomic mass is 10.1. The molecule has 2 aromatic rings. The average Bonchev–Trinajstić information content (AvgIpc) is 2.98. The van der Waals surface area contributed by atoms with Gasteiger partial charge in [-0.15, -0.1) is 5.10 Å². The van der Waals surface area contributed by atoms with E-state index in [2.05, 4.69) is 15.6 Å². The maximum absolute atomic E-state index is 14.2. The molecule has 0 saturated carbocycles. The van der Waals surface area contributed by atoms with Gasteiger partial charge >= 0.3 is 6.55 Å². The van der Waals surface area contributed by atoms with Gasteiger partial charge in [-0.2, -0.15) is 13.9 Å². The lowest BCUT2D eigenvalue weighted by Crippen LogP contribution is -2.32. The fraction of sp³-hybridized carbons (Fsp3) is 0.154. The van der Waals surface area contributed by atoms with Crippen molar-refractivity contribution in [1.29, 1.82) is 0 Å². The standard InChI is InChI=1S/C13H9F3N4O2/c14-10-3-7(12-19-18-11(21)6-22-12)1-2-9(10)8-4-17-20(5-8)13(15)16/h1-5,13H,6H2,(H,18,21). The van der Waals surface area contributed by atoms with Crippen LogP contribution >= 0.6 is 0 Å². The highest BCUT2D eigenvalue weighted by molar-refractivity contribution is 5.98. The third-order valence-electron chi connectivity index (χ3n) is 2.95. The van der Waals surface area contributed by atoms with E-state index in [9.17, 15) is 18.0 Å². The van der Waals surface area contributed by atoms with Gasteiger partial charge in [-0.3, -0.25) is 4.79 Å². The number of rotatable bonds is 3. The molecule has 1 aliphatic heterocycles. The molecular formula is C13H9F3N4O2. The largest absolute Gasteiger partial charge is 0.466 e. The van der Waals surface area contributed by atoms with Crippen molar-refractivity contribution in [1.82, 2.24) is 15.2 Å². The molecule has 22 heavy (non-hydrogen) atoms. The fourth-order valence-electron chi connectivity index (χ4n) is 1.93.